The monoisotopic (exact) mass is 459 g/mol. The van der Waals surface area contributed by atoms with Gasteiger partial charge in [-0.2, -0.15) is 5.10 Å². The number of nitrogens with zero attached hydrogens (tertiary/aromatic N) is 7. The van der Waals surface area contributed by atoms with Gasteiger partial charge < -0.3 is 20.5 Å². The summed E-state index contributed by atoms with van der Waals surface area (Å²) in [6.07, 6.45) is 12.4. The van der Waals surface area contributed by atoms with Crippen LogP contribution in [0.2, 0.25) is 0 Å². The lowest BCUT2D eigenvalue weighted by atomic mass is 10.1. The summed E-state index contributed by atoms with van der Waals surface area (Å²) in [6.45, 7) is 5.37. The van der Waals surface area contributed by atoms with E-state index in [1.165, 1.54) is 25.9 Å². The van der Waals surface area contributed by atoms with Gasteiger partial charge >= 0.3 is 0 Å². The highest BCUT2D eigenvalue weighted by Gasteiger charge is 2.14. The summed E-state index contributed by atoms with van der Waals surface area (Å²) in [5, 5.41) is 5.59. The minimum absolute atomic E-state index is 0.301. The fourth-order valence-electron chi connectivity index (χ4n) is 4.62. The van der Waals surface area contributed by atoms with Crippen molar-refractivity contribution in [3.05, 3.63) is 42.6 Å². The summed E-state index contributed by atoms with van der Waals surface area (Å²) in [5.74, 6) is 0.301. The molecule has 0 amide bonds. The first-order valence-electron chi connectivity index (χ1n) is 12.1. The first-order valence-corrected chi connectivity index (χ1v) is 12.1. The highest BCUT2D eigenvalue weighted by Crippen LogP contribution is 2.30. The lowest BCUT2D eigenvalue weighted by molar-refractivity contribution is 0.316. The number of fused-ring (bicyclic) bond motifs is 1. The van der Waals surface area contributed by atoms with Crippen molar-refractivity contribution in [1.29, 1.82) is 0 Å². The second-order valence-electron chi connectivity index (χ2n) is 9.37. The van der Waals surface area contributed by atoms with Gasteiger partial charge in [0, 0.05) is 52.9 Å². The second kappa shape index (κ2) is 9.90. The molecule has 34 heavy (non-hydrogen) atoms. The van der Waals surface area contributed by atoms with Crippen LogP contribution in [0.1, 0.15) is 25.0 Å². The van der Waals surface area contributed by atoms with Crippen LogP contribution in [0.4, 0.5) is 5.95 Å². The number of rotatable bonds is 9. The highest BCUT2D eigenvalue weighted by atomic mass is 15.3. The van der Waals surface area contributed by atoms with Gasteiger partial charge in [0.25, 0.3) is 0 Å². The Balaban J connectivity index is 1.38. The van der Waals surface area contributed by atoms with Crippen LogP contribution in [0.3, 0.4) is 0 Å². The van der Waals surface area contributed by atoms with Crippen molar-refractivity contribution in [2.24, 2.45) is 0 Å². The summed E-state index contributed by atoms with van der Waals surface area (Å²) in [5.41, 5.74) is 11.8. The molecule has 9 heteroatoms. The average Bonchev–Trinajstić information content (AvgIpc) is 3.57. The molecule has 5 rings (SSSR count). The van der Waals surface area contributed by atoms with Crippen LogP contribution in [-0.4, -0.2) is 79.8 Å². The summed E-state index contributed by atoms with van der Waals surface area (Å²) in [4.78, 5) is 21.6. The SMILES string of the molecule is CN(C)CCCc1cc(-c2c[nH]c3ncc(-c4cnn(CCN5CCCC5)c4)cc23)nc(N)n1. The predicted molar refractivity (Wildman–Crippen MR) is 135 cm³/mol. The Morgan fingerprint density at radius 2 is 1.91 bits per heavy atom. The predicted octanol–water partition coefficient (Wildman–Crippen LogP) is 3.06. The van der Waals surface area contributed by atoms with Gasteiger partial charge in [-0.25, -0.2) is 15.0 Å². The number of aromatic amines is 1. The molecule has 3 N–H and O–H groups in total. The maximum Gasteiger partial charge on any atom is 0.220 e. The van der Waals surface area contributed by atoms with Crippen LogP contribution in [0.15, 0.2) is 36.9 Å². The van der Waals surface area contributed by atoms with Gasteiger partial charge in [-0.3, -0.25) is 4.68 Å². The Bertz CT molecular complexity index is 1250. The molecule has 0 atom stereocenters. The van der Waals surface area contributed by atoms with E-state index in [9.17, 15) is 0 Å². The number of likely N-dealkylation sites (tertiary alicyclic amines) is 1. The molecule has 0 saturated carbocycles. The van der Waals surface area contributed by atoms with Crippen molar-refractivity contribution < 1.29 is 0 Å². The van der Waals surface area contributed by atoms with Gasteiger partial charge in [0.15, 0.2) is 0 Å². The molecule has 178 valence electrons. The smallest absolute Gasteiger partial charge is 0.220 e. The molecule has 0 unspecified atom stereocenters. The number of pyridine rings is 1. The number of aryl methyl sites for hydroxylation is 1. The molecule has 0 spiro atoms. The summed E-state index contributed by atoms with van der Waals surface area (Å²) in [6, 6.07) is 4.19. The lowest BCUT2D eigenvalue weighted by Crippen LogP contribution is -2.24. The maximum atomic E-state index is 6.07. The normalized spacial score (nSPS) is 14.6. The molecule has 0 bridgehead atoms. The van der Waals surface area contributed by atoms with E-state index in [-0.39, 0.29) is 0 Å². The number of nitrogens with one attached hydrogen (secondary N) is 1. The Labute approximate surface area is 200 Å². The topological polar surface area (TPSA) is 105 Å². The number of H-pyrrole nitrogens is 1. The van der Waals surface area contributed by atoms with E-state index in [0.29, 0.717) is 5.95 Å². The molecule has 5 heterocycles. The standard InChI is InChI=1S/C25H33N9/c1-32(2)7-5-6-20-13-23(31-25(26)30-20)22-16-28-24-21(22)12-18(14-27-24)19-15-29-34(17-19)11-10-33-8-3-4-9-33/h12-17H,3-11H2,1-2H3,(H,27,28)(H2,26,30,31). The van der Waals surface area contributed by atoms with E-state index in [1.807, 2.05) is 29.3 Å². The summed E-state index contributed by atoms with van der Waals surface area (Å²) >= 11 is 0. The number of anilines is 1. The van der Waals surface area contributed by atoms with E-state index in [0.717, 1.165) is 71.6 Å². The fourth-order valence-corrected chi connectivity index (χ4v) is 4.62. The molecule has 0 aromatic carbocycles. The largest absolute Gasteiger partial charge is 0.368 e. The van der Waals surface area contributed by atoms with Crippen molar-refractivity contribution in [1.82, 2.24) is 39.5 Å². The third-order valence-corrected chi connectivity index (χ3v) is 6.45. The van der Waals surface area contributed by atoms with Gasteiger partial charge in [-0.05, 0) is 71.5 Å². The fraction of sp³-hybridized carbons (Fsp3) is 0.440. The zero-order chi connectivity index (χ0) is 23.5. The van der Waals surface area contributed by atoms with Gasteiger partial charge in [0.1, 0.15) is 5.65 Å². The van der Waals surface area contributed by atoms with Crippen LogP contribution in [0.5, 0.6) is 0 Å². The Hall–Kier alpha value is -3.30. The van der Waals surface area contributed by atoms with Crippen molar-refractivity contribution in [3.8, 4) is 22.4 Å². The molecule has 4 aromatic heterocycles. The molecule has 4 aromatic rings. The van der Waals surface area contributed by atoms with Gasteiger partial charge in [-0.1, -0.05) is 0 Å². The van der Waals surface area contributed by atoms with Crippen LogP contribution >= 0.6 is 0 Å². The van der Waals surface area contributed by atoms with Crippen molar-refractivity contribution in [2.75, 3.05) is 46.0 Å². The highest BCUT2D eigenvalue weighted by molar-refractivity contribution is 5.95. The third kappa shape index (κ3) is 5.10. The van der Waals surface area contributed by atoms with Gasteiger partial charge in [0.2, 0.25) is 5.95 Å². The van der Waals surface area contributed by atoms with Gasteiger partial charge in [0.05, 0.1) is 18.4 Å². The number of hydrogen-bond donors (Lipinski definition) is 2. The van der Waals surface area contributed by atoms with Crippen LogP contribution in [0, 0.1) is 0 Å². The van der Waals surface area contributed by atoms with Crippen molar-refractivity contribution in [2.45, 2.75) is 32.2 Å². The molecular weight excluding hydrogens is 426 g/mol. The second-order valence-corrected chi connectivity index (χ2v) is 9.37. The third-order valence-electron chi connectivity index (χ3n) is 6.45. The summed E-state index contributed by atoms with van der Waals surface area (Å²) < 4.78 is 2.03. The minimum Gasteiger partial charge on any atom is -0.368 e. The molecule has 9 nitrogen and oxygen atoms in total. The van der Waals surface area contributed by atoms with E-state index in [1.54, 1.807) is 0 Å². The number of nitrogen functional groups attached to an aromatic ring is 1. The van der Waals surface area contributed by atoms with Crippen molar-refractivity contribution in [3.63, 3.8) is 0 Å². The Kier molecular flexibility index (Phi) is 6.55. The van der Waals surface area contributed by atoms with Gasteiger partial charge in [-0.15, -0.1) is 0 Å². The molecule has 0 radical (unpaired) electrons. The first kappa shape index (κ1) is 22.5. The number of aromatic nitrogens is 6. The molecule has 1 fully saturated rings. The zero-order valence-corrected chi connectivity index (χ0v) is 20.0. The Morgan fingerprint density at radius 1 is 1.06 bits per heavy atom. The Morgan fingerprint density at radius 3 is 2.74 bits per heavy atom. The van der Waals surface area contributed by atoms with E-state index in [2.05, 4.69) is 61.2 Å². The number of nitrogens with two attached hydrogens (primary N) is 1. The van der Waals surface area contributed by atoms with Crippen molar-refractivity contribution >= 4 is 17.0 Å². The molecule has 1 aliphatic rings. The molecule has 1 saturated heterocycles. The minimum atomic E-state index is 0.301. The average molecular weight is 460 g/mol. The lowest BCUT2D eigenvalue weighted by Gasteiger charge is -2.13. The van der Waals surface area contributed by atoms with E-state index in [4.69, 9.17) is 5.73 Å². The van der Waals surface area contributed by atoms with Crippen LogP contribution in [0.25, 0.3) is 33.4 Å². The quantitative estimate of drug-likeness (QED) is 0.396. The maximum absolute atomic E-state index is 6.07. The zero-order valence-electron chi connectivity index (χ0n) is 20.0. The number of hydrogen-bond acceptors (Lipinski definition) is 7. The van der Waals surface area contributed by atoms with E-state index >= 15 is 0 Å². The first-order chi connectivity index (χ1) is 16.5. The van der Waals surface area contributed by atoms with Crippen LogP contribution in [-0.2, 0) is 13.0 Å². The molecule has 0 aliphatic carbocycles. The van der Waals surface area contributed by atoms with E-state index < -0.39 is 0 Å². The molecular formula is C25H33N9. The summed E-state index contributed by atoms with van der Waals surface area (Å²) in [7, 11) is 4.15. The van der Waals surface area contributed by atoms with Crippen LogP contribution < -0.4 is 5.73 Å². The molecule has 1 aliphatic heterocycles.